The van der Waals surface area contributed by atoms with Crippen LogP contribution in [0, 0.1) is 3.57 Å². The van der Waals surface area contributed by atoms with Crippen LogP contribution in [0.3, 0.4) is 0 Å². The molecule has 1 aromatic heterocycles. The molecule has 80 valence electrons. The molecule has 1 N–H and O–H groups in total. The van der Waals surface area contributed by atoms with Gasteiger partial charge in [-0.15, -0.1) is 0 Å². The van der Waals surface area contributed by atoms with Gasteiger partial charge in [-0.2, -0.15) is 0 Å². The van der Waals surface area contributed by atoms with Crippen LogP contribution in [0.4, 0.5) is 5.82 Å². The molecule has 1 fully saturated rings. The second-order valence-corrected chi connectivity index (χ2v) is 4.44. The van der Waals surface area contributed by atoms with Gasteiger partial charge in [0, 0.05) is 32.3 Å². The van der Waals surface area contributed by atoms with Crippen molar-refractivity contribution in [2.45, 2.75) is 6.42 Å². The molecule has 0 unspecified atom stereocenters. The first-order valence-electron chi connectivity index (χ1n) is 4.74. The number of halogens is 1. The van der Waals surface area contributed by atoms with Gasteiger partial charge in [0.05, 0.1) is 3.57 Å². The third-order valence-electron chi connectivity index (χ3n) is 2.26. The normalized spacial score (nSPS) is 17.1. The molecule has 1 aromatic rings. The molecule has 0 aromatic carbocycles. The molecule has 0 radical (unpaired) electrons. The summed E-state index contributed by atoms with van der Waals surface area (Å²) in [4.78, 5) is 21.5. The van der Waals surface area contributed by atoms with Crippen molar-refractivity contribution < 1.29 is 4.79 Å². The van der Waals surface area contributed by atoms with E-state index in [9.17, 15) is 4.79 Å². The van der Waals surface area contributed by atoms with Gasteiger partial charge in [-0.1, -0.05) is 0 Å². The highest BCUT2D eigenvalue weighted by molar-refractivity contribution is 14.1. The van der Waals surface area contributed by atoms with Crippen molar-refractivity contribution in [3.8, 4) is 0 Å². The largest absolute Gasteiger partial charge is 0.354 e. The molecule has 1 aliphatic rings. The van der Waals surface area contributed by atoms with Crippen LogP contribution < -0.4 is 10.2 Å². The topological polar surface area (TPSA) is 58.1 Å². The van der Waals surface area contributed by atoms with Gasteiger partial charge >= 0.3 is 0 Å². The van der Waals surface area contributed by atoms with Gasteiger partial charge in [-0.25, -0.2) is 9.97 Å². The lowest BCUT2D eigenvalue weighted by atomic mass is 10.4. The molecule has 0 atom stereocenters. The zero-order valence-corrected chi connectivity index (χ0v) is 10.3. The van der Waals surface area contributed by atoms with E-state index in [1.807, 2.05) is 0 Å². The molecule has 0 saturated carbocycles. The minimum absolute atomic E-state index is 0.113. The molecular formula is C9H11IN4O. The van der Waals surface area contributed by atoms with E-state index >= 15 is 0 Å². The minimum atomic E-state index is 0.113. The number of carbonyl (C=O) groups is 1. The SMILES string of the molecule is O=C1CCN(c2ncncc2I)CCN1. The summed E-state index contributed by atoms with van der Waals surface area (Å²) in [6, 6.07) is 0. The van der Waals surface area contributed by atoms with Crippen molar-refractivity contribution in [3.63, 3.8) is 0 Å². The zero-order chi connectivity index (χ0) is 10.7. The zero-order valence-electron chi connectivity index (χ0n) is 8.11. The molecule has 15 heavy (non-hydrogen) atoms. The summed E-state index contributed by atoms with van der Waals surface area (Å²) in [5.41, 5.74) is 0. The fraction of sp³-hybridized carbons (Fsp3) is 0.444. The van der Waals surface area contributed by atoms with Crippen molar-refractivity contribution in [1.29, 1.82) is 0 Å². The Morgan fingerprint density at radius 2 is 2.33 bits per heavy atom. The van der Waals surface area contributed by atoms with Gasteiger partial charge in [0.25, 0.3) is 0 Å². The van der Waals surface area contributed by atoms with Crippen molar-refractivity contribution >= 4 is 34.3 Å². The quantitative estimate of drug-likeness (QED) is 0.762. The second kappa shape index (κ2) is 4.73. The van der Waals surface area contributed by atoms with E-state index in [4.69, 9.17) is 0 Å². The average Bonchev–Trinajstić information content (AvgIpc) is 2.44. The minimum Gasteiger partial charge on any atom is -0.354 e. The Morgan fingerprint density at radius 1 is 1.47 bits per heavy atom. The lowest BCUT2D eigenvalue weighted by Gasteiger charge is -2.21. The monoisotopic (exact) mass is 318 g/mol. The van der Waals surface area contributed by atoms with Crippen LogP contribution in [0.1, 0.15) is 6.42 Å². The first-order chi connectivity index (χ1) is 7.27. The predicted octanol–water partition coefficient (Wildman–Crippen LogP) is 0.408. The molecule has 0 bridgehead atoms. The van der Waals surface area contributed by atoms with Gasteiger partial charge in [0.15, 0.2) is 0 Å². The first-order valence-corrected chi connectivity index (χ1v) is 5.82. The van der Waals surface area contributed by atoms with Crippen LogP contribution in [0.5, 0.6) is 0 Å². The maximum Gasteiger partial charge on any atom is 0.221 e. The Kier molecular flexibility index (Phi) is 3.34. The first kappa shape index (κ1) is 10.6. The van der Waals surface area contributed by atoms with Crippen LogP contribution in [-0.2, 0) is 4.79 Å². The van der Waals surface area contributed by atoms with Crippen LogP contribution in [-0.4, -0.2) is 35.5 Å². The summed E-state index contributed by atoms with van der Waals surface area (Å²) in [5.74, 6) is 1.03. The molecule has 5 nitrogen and oxygen atoms in total. The third-order valence-corrected chi connectivity index (χ3v) is 3.02. The number of hydrogen-bond acceptors (Lipinski definition) is 4. The van der Waals surface area contributed by atoms with Gasteiger partial charge in [0.2, 0.25) is 5.91 Å². The number of amides is 1. The molecule has 2 heterocycles. The van der Waals surface area contributed by atoms with E-state index < -0.39 is 0 Å². The molecule has 2 rings (SSSR count). The second-order valence-electron chi connectivity index (χ2n) is 3.28. The fourth-order valence-electron chi connectivity index (χ4n) is 1.52. The summed E-state index contributed by atoms with van der Waals surface area (Å²) in [7, 11) is 0. The summed E-state index contributed by atoms with van der Waals surface area (Å²) < 4.78 is 1.02. The standard InChI is InChI=1S/C9H11IN4O/c10-7-5-11-6-13-9(7)14-3-1-8(15)12-2-4-14/h5-6H,1-4H2,(H,12,15). The van der Waals surface area contributed by atoms with E-state index in [1.165, 1.54) is 6.33 Å². The number of carbonyl (C=O) groups excluding carboxylic acids is 1. The van der Waals surface area contributed by atoms with E-state index in [0.29, 0.717) is 13.0 Å². The highest BCUT2D eigenvalue weighted by Crippen LogP contribution is 2.18. The van der Waals surface area contributed by atoms with E-state index in [0.717, 1.165) is 22.5 Å². The van der Waals surface area contributed by atoms with Crippen molar-refractivity contribution in [3.05, 3.63) is 16.1 Å². The fourth-order valence-corrected chi connectivity index (χ4v) is 2.16. The highest BCUT2D eigenvalue weighted by Gasteiger charge is 2.16. The van der Waals surface area contributed by atoms with Crippen LogP contribution in [0.15, 0.2) is 12.5 Å². The smallest absolute Gasteiger partial charge is 0.221 e. The van der Waals surface area contributed by atoms with Crippen molar-refractivity contribution in [2.75, 3.05) is 24.5 Å². The Balaban J connectivity index is 2.16. The number of aromatic nitrogens is 2. The lowest BCUT2D eigenvalue weighted by molar-refractivity contribution is -0.120. The molecule has 0 aliphatic carbocycles. The number of anilines is 1. The maximum atomic E-state index is 11.2. The van der Waals surface area contributed by atoms with Crippen molar-refractivity contribution in [2.24, 2.45) is 0 Å². The van der Waals surface area contributed by atoms with E-state index in [1.54, 1.807) is 6.20 Å². The molecule has 6 heteroatoms. The average molecular weight is 318 g/mol. The number of hydrogen-bond donors (Lipinski definition) is 1. The van der Waals surface area contributed by atoms with Crippen LogP contribution in [0.2, 0.25) is 0 Å². The summed E-state index contributed by atoms with van der Waals surface area (Å²) in [6.45, 7) is 2.20. The maximum absolute atomic E-state index is 11.2. The van der Waals surface area contributed by atoms with E-state index in [-0.39, 0.29) is 5.91 Å². The summed E-state index contributed by atoms with van der Waals surface area (Å²) in [5, 5.41) is 2.84. The third kappa shape index (κ3) is 2.55. The van der Waals surface area contributed by atoms with Crippen LogP contribution in [0.25, 0.3) is 0 Å². The Morgan fingerprint density at radius 3 is 3.13 bits per heavy atom. The Labute approximate surface area is 101 Å². The molecular weight excluding hydrogens is 307 g/mol. The van der Waals surface area contributed by atoms with Gasteiger partial charge in [-0.05, 0) is 22.6 Å². The Hall–Kier alpha value is -0.920. The number of nitrogens with zero attached hydrogens (tertiary/aromatic N) is 3. The lowest BCUT2D eigenvalue weighted by Crippen LogP contribution is -2.29. The Bertz CT molecular complexity index is 371. The molecule has 1 saturated heterocycles. The van der Waals surface area contributed by atoms with E-state index in [2.05, 4.69) is 42.8 Å². The highest BCUT2D eigenvalue weighted by atomic mass is 127. The predicted molar refractivity (Wildman–Crippen MR) is 64.6 cm³/mol. The summed E-state index contributed by atoms with van der Waals surface area (Å²) in [6.07, 6.45) is 3.85. The number of rotatable bonds is 1. The molecule has 0 spiro atoms. The van der Waals surface area contributed by atoms with Gasteiger partial charge in [-0.3, -0.25) is 4.79 Å². The number of nitrogens with one attached hydrogen (secondary N) is 1. The molecule has 1 amide bonds. The van der Waals surface area contributed by atoms with Crippen LogP contribution >= 0.6 is 22.6 Å². The summed E-state index contributed by atoms with van der Waals surface area (Å²) >= 11 is 2.21. The van der Waals surface area contributed by atoms with Gasteiger partial charge in [0.1, 0.15) is 12.1 Å². The van der Waals surface area contributed by atoms with Gasteiger partial charge < -0.3 is 10.2 Å². The van der Waals surface area contributed by atoms with Crippen molar-refractivity contribution in [1.82, 2.24) is 15.3 Å². The molecule has 1 aliphatic heterocycles.